The number of carbonyl (C=O) groups is 1. The number of anilines is 1. The van der Waals surface area contributed by atoms with Crippen LogP contribution in [0.3, 0.4) is 0 Å². The van der Waals surface area contributed by atoms with Gasteiger partial charge in [0, 0.05) is 49.9 Å². The molecule has 4 aromatic rings. The number of carbonyl (C=O) groups excluding carboxylic acids is 1. The molecule has 6 rings (SSSR count). The Morgan fingerprint density at radius 3 is 2.91 bits per heavy atom. The van der Waals surface area contributed by atoms with Crippen LogP contribution in [-0.2, 0) is 6.54 Å². The Hall–Kier alpha value is -3.62. The molecule has 2 fully saturated rings. The van der Waals surface area contributed by atoms with Crippen molar-refractivity contribution in [1.82, 2.24) is 29.3 Å². The molecular weight excluding hydrogens is 442 g/mol. The van der Waals surface area contributed by atoms with Crippen LogP contribution in [0.15, 0.2) is 47.3 Å². The fourth-order valence-electron chi connectivity index (χ4n) is 5.38. The average Bonchev–Trinajstić information content (AvgIpc) is 3.66. The van der Waals surface area contributed by atoms with E-state index in [0.717, 1.165) is 55.1 Å². The minimum atomic E-state index is -0.0896. The number of hydrogen-bond acceptors (Lipinski definition) is 6. The third-order valence-corrected chi connectivity index (χ3v) is 7.20. The predicted molar refractivity (Wildman–Crippen MR) is 131 cm³/mol. The first-order valence-corrected chi connectivity index (χ1v) is 12.5. The van der Waals surface area contributed by atoms with Gasteiger partial charge in [0.05, 0.1) is 18.3 Å². The van der Waals surface area contributed by atoms with E-state index in [2.05, 4.69) is 30.0 Å². The van der Waals surface area contributed by atoms with Gasteiger partial charge in [-0.15, -0.1) is 0 Å². The maximum absolute atomic E-state index is 13.5. The van der Waals surface area contributed by atoms with Crippen molar-refractivity contribution in [3.05, 3.63) is 65.6 Å². The number of furan rings is 1. The standard InChI is InChI=1S/C26H31N7O2/c1-18-9-13-30(15-18)25-19(2)16-33-24(28-25)14-21(29-33)22-6-3-4-12-32(22)26(34)23-8-7-20(35-23)17-31-11-5-10-27-31/h5,7-8,10-11,14,16,18,22H,3-4,6,9,12-13,15,17H2,1-2H3/t18-,22-/m0/s1. The Morgan fingerprint density at radius 2 is 2.11 bits per heavy atom. The van der Waals surface area contributed by atoms with Gasteiger partial charge in [0.25, 0.3) is 5.91 Å². The van der Waals surface area contributed by atoms with Crippen LogP contribution in [0.4, 0.5) is 5.82 Å². The van der Waals surface area contributed by atoms with Gasteiger partial charge < -0.3 is 14.2 Å². The van der Waals surface area contributed by atoms with Gasteiger partial charge in [-0.2, -0.15) is 10.2 Å². The Balaban J connectivity index is 1.26. The van der Waals surface area contributed by atoms with Crippen molar-refractivity contribution < 1.29 is 9.21 Å². The second-order valence-electron chi connectivity index (χ2n) is 9.94. The molecule has 2 saturated heterocycles. The zero-order chi connectivity index (χ0) is 23.9. The van der Waals surface area contributed by atoms with E-state index in [1.54, 1.807) is 16.9 Å². The Morgan fingerprint density at radius 1 is 1.20 bits per heavy atom. The topological polar surface area (TPSA) is 84.7 Å². The van der Waals surface area contributed by atoms with Crippen molar-refractivity contribution in [1.29, 1.82) is 0 Å². The van der Waals surface area contributed by atoms with E-state index in [1.165, 1.54) is 6.42 Å². The number of piperidine rings is 1. The van der Waals surface area contributed by atoms with E-state index in [4.69, 9.17) is 14.5 Å². The van der Waals surface area contributed by atoms with Crippen LogP contribution in [0.1, 0.15) is 66.2 Å². The van der Waals surface area contributed by atoms with Crippen molar-refractivity contribution >= 4 is 17.4 Å². The van der Waals surface area contributed by atoms with Gasteiger partial charge in [0.15, 0.2) is 11.4 Å². The van der Waals surface area contributed by atoms with E-state index < -0.39 is 0 Å². The third kappa shape index (κ3) is 4.19. The minimum Gasteiger partial charge on any atom is -0.454 e. The molecule has 0 aliphatic carbocycles. The summed E-state index contributed by atoms with van der Waals surface area (Å²) < 4.78 is 9.56. The molecule has 1 amide bonds. The smallest absolute Gasteiger partial charge is 0.290 e. The van der Waals surface area contributed by atoms with E-state index in [9.17, 15) is 4.79 Å². The molecule has 0 unspecified atom stereocenters. The maximum Gasteiger partial charge on any atom is 0.290 e. The highest BCUT2D eigenvalue weighted by Gasteiger charge is 2.32. The zero-order valence-corrected chi connectivity index (χ0v) is 20.3. The number of hydrogen-bond donors (Lipinski definition) is 0. The van der Waals surface area contributed by atoms with Crippen molar-refractivity contribution in [3.8, 4) is 0 Å². The molecule has 0 N–H and O–H groups in total. The molecule has 9 heteroatoms. The number of nitrogens with zero attached hydrogens (tertiary/aromatic N) is 7. The number of aromatic nitrogens is 5. The number of amides is 1. The van der Waals surface area contributed by atoms with Gasteiger partial charge >= 0.3 is 0 Å². The SMILES string of the molecule is Cc1cn2nc([C@@H]3CCCCN3C(=O)c3ccc(Cn4cccn4)o3)cc2nc1N1CC[C@H](C)C1. The minimum absolute atomic E-state index is 0.0886. The molecular formula is C26H31N7O2. The molecule has 182 valence electrons. The van der Waals surface area contributed by atoms with Crippen LogP contribution in [0.2, 0.25) is 0 Å². The lowest BCUT2D eigenvalue weighted by Crippen LogP contribution is -2.38. The molecule has 0 bridgehead atoms. The Kier molecular flexibility index (Phi) is 5.54. The molecule has 0 saturated carbocycles. The lowest BCUT2D eigenvalue weighted by molar-refractivity contribution is 0.0571. The van der Waals surface area contributed by atoms with E-state index in [-0.39, 0.29) is 11.9 Å². The first-order chi connectivity index (χ1) is 17.0. The van der Waals surface area contributed by atoms with Crippen LogP contribution in [0.5, 0.6) is 0 Å². The Bertz CT molecular complexity index is 1340. The summed E-state index contributed by atoms with van der Waals surface area (Å²) in [5, 5.41) is 9.07. The average molecular weight is 474 g/mol. The van der Waals surface area contributed by atoms with Gasteiger partial charge in [-0.05, 0) is 56.7 Å². The Labute approximate surface area is 204 Å². The molecule has 2 aliphatic heterocycles. The molecule has 2 aliphatic rings. The van der Waals surface area contributed by atoms with Crippen molar-refractivity contribution in [2.75, 3.05) is 24.5 Å². The van der Waals surface area contributed by atoms with Crippen molar-refractivity contribution in [3.63, 3.8) is 0 Å². The van der Waals surface area contributed by atoms with Crippen LogP contribution in [0, 0.1) is 12.8 Å². The summed E-state index contributed by atoms with van der Waals surface area (Å²) in [5.74, 6) is 2.72. The summed E-state index contributed by atoms with van der Waals surface area (Å²) in [6.45, 7) is 7.67. The fraction of sp³-hybridized carbons (Fsp3) is 0.462. The van der Waals surface area contributed by atoms with E-state index >= 15 is 0 Å². The molecule has 2 atom stereocenters. The predicted octanol–water partition coefficient (Wildman–Crippen LogP) is 4.09. The van der Waals surface area contributed by atoms with Gasteiger partial charge in [-0.1, -0.05) is 6.92 Å². The molecule has 0 spiro atoms. The summed E-state index contributed by atoms with van der Waals surface area (Å²) in [6.07, 6.45) is 9.79. The summed E-state index contributed by atoms with van der Waals surface area (Å²) in [6, 6.07) is 7.45. The van der Waals surface area contributed by atoms with Gasteiger partial charge in [0.1, 0.15) is 11.6 Å². The molecule has 9 nitrogen and oxygen atoms in total. The molecule has 0 aromatic carbocycles. The molecule has 6 heterocycles. The normalized spacial score (nSPS) is 20.7. The second-order valence-corrected chi connectivity index (χ2v) is 9.94. The maximum atomic E-state index is 13.5. The summed E-state index contributed by atoms with van der Waals surface area (Å²) in [4.78, 5) is 22.7. The van der Waals surface area contributed by atoms with Gasteiger partial charge in [-0.3, -0.25) is 9.48 Å². The molecule has 0 radical (unpaired) electrons. The van der Waals surface area contributed by atoms with Crippen LogP contribution in [-0.4, -0.2) is 54.8 Å². The van der Waals surface area contributed by atoms with Crippen LogP contribution < -0.4 is 4.90 Å². The van der Waals surface area contributed by atoms with E-state index in [1.807, 2.05) is 33.8 Å². The first-order valence-electron chi connectivity index (χ1n) is 12.5. The highest BCUT2D eigenvalue weighted by atomic mass is 16.4. The monoisotopic (exact) mass is 473 g/mol. The van der Waals surface area contributed by atoms with Crippen molar-refractivity contribution in [2.45, 2.75) is 52.1 Å². The zero-order valence-electron chi connectivity index (χ0n) is 20.3. The summed E-state index contributed by atoms with van der Waals surface area (Å²) in [7, 11) is 0. The van der Waals surface area contributed by atoms with Gasteiger partial charge in [0.2, 0.25) is 0 Å². The number of rotatable bonds is 5. The highest BCUT2D eigenvalue weighted by molar-refractivity contribution is 5.92. The number of likely N-dealkylation sites (tertiary alicyclic amines) is 1. The van der Waals surface area contributed by atoms with E-state index in [0.29, 0.717) is 30.5 Å². The molecule has 35 heavy (non-hydrogen) atoms. The lowest BCUT2D eigenvalue weighted by atomic mass is 9.99. The third-order valence-electron chi connectivity index (χ3n) is 7.20. The van der Waals surface area contributed by atoms with Gasteiger partial charge in [-0.25, -0.2) is 9.50 Å². The first kappa shape index (κ1) is 21.9. The molecule has 4 aromatic heterocycles. The highest BCUT2D eigenvalue weighted by Crippen LogP contribution is 2.33. The van der Waals surface area contributed by atoms with Crippen LogP contribution in [0.25, 0.3) is 5.65 Å². The fourth-order valence-corrected chi connectivity index (χ4v) is 5.38. The second kappa shape index (κ2) is 8.87. The quantitative estimate of drug-likeness (QED) is 0.434. The lowest BCUT2D eigenvalue weighted by Gasteiger charge is -2.34. The number of aryl methyl sites for hydroxylation is 1. The summed E-state index contributed by atoms with van der Waals surface area (Å²) in [5.41, 5.74) is 2.84. The van der Waals surface area contributed by atoms with Crippen LogP contribution >= 0.6 is 0 Å². The van der Waals surface area contributed by atoms with Crippen molar-refractivity contribution in [2.24, 2.45) is 5.92 Å². The number of fused-ring (bicyclic) bond motifs is 1. The summed E-state index contributed by atoms with van der Waals surface area (Å²) >= 11 is 0. The largest absolute Gasteiger partial charge is 0.454 e.